The SMILES string of the molecule is CN=C(NCc1ccc(N2CCOCC2)cc1C(F)(F)F)NC(C)C.I. The summed E-state index contributed by atoms with van der Waals surface area (Å²) >= 11 is 0. The van der Waals surface area contributed by atoms with Crippen LogP contribution in [0.25, 0.3) is 0 Å². The van der Waals surface area contributed by atoms with Crippen LogP contribution in [-0.4, -0.2) is 45.4 Å². The highest BCUT2D eigenvalue weighted by molar-refractivity contribution is 14.0. The molecule has 1 saturated heterocycles. The van der Waals surface area contributed by atoms with E-state index in [1.165, 1.54) is 12.1 Å². The number of hydrogen-bond acceptors (Lipinski definition) is 3. The molecule has 26 heavy (non-hydrogen) atoms. The van der Waals surface area contributed by atoms with Crippen LogP contribution in [0.15, 0.2) is 23.2 Å². The average Bonchev–Trinajstić information content (AvgIpc) is 2.58. The van der Waals surface area contributed by atoms with Crippen LogP contribution in [0.4, 0.5) is 18.9 Å². The van der Waals surface area contributed by atoms with E-state index in [0.29, 0.717) is 38.0 Å². The first-order valence-corrected chi connectivity index (χ1v) is 8.31. The molecular weight excluding hydrogens is 460 g/mol. The molecule has 5 nitrogen and oxygen atoms in total. The maximum atomic E-state index is 13.5. The van der Waals surface area contributed by atoms with E-state index in [9.17, 15) is 13.2 Å². The van der Waals surface area contributed by atoms with Gasteiger partial charge in [-0.05, 0) is 31.5 Å². The molecule has 2 N–H and O–H groups in total. The van der Waals surface area contributed by atoms with E-state index < -0.39 is 11.7 Å². The highest BCUT2D eigenvalue weighted by Crippen LogP contribution is 2.34. The van der Waals surface area contributed by atoms with E-state index in [4.69, 9.17) is 4.74 Å². The maximum absolute atomic E-state index is 13.5. The quantitative estimate of drug-likeness (QED) is 0.390. The zero-order chi connectivity index (χ0) is 18.4. The topological polar surface area (TPSA) is 48.9 Å². The molecule has 0 spiro atoms. The number of rotatable bonds is 4. The molecule has 1 aliphatic rings. The summed E-state index contributed by atoms with van der Waals surface area (Å²) in [5, 5.41) is 5.99. The lowest BCUT2D eigenvalue weighted by atomic mass is 10.0. The molecule has 0 atom stereocenters. The summed E-state index contributed by atoms with van der Waals surface area (Å²) in [6, 6.07) is 4.62. The predicted octanol–water partition coefficient (Wildman–Crippen LogP) is 3.23. The van der Waals surface area contributed by atoms with E-state index in [0.717, 1.165) is 0 Å². The van der Waals surface area contributed by atoms with Crippen molar-refractivity contribution in [3.63, 3.8) is 0 Å². The first-order valence-electron chi connectivity index (χ1n) is 8.31. The summed E-state index contributed by atoms with van der Waals surface area (Å²) in [7, 11) is 1.59. The number of hydrogen-bond donors (Lipinski definition) is 2. The highest BCUT2D eigenvalue weighted by atomic mass is 127. The van der Waals surface area contributed by atoms with Crippen molar-refractivity contribution in [1.29, 1.82) is 0 Å². The standard InChI is InChI=1S/C17H25F3N4O.HI/c1-12(2)23-16(21-3)22-11-13-4-5-14(10-15(13)17(18,19)20)24-6-8-25-9-7-24;/h4-5,10,12H,6-9,11H2,1-3H3,(H2,21,22,23);1H. The van der Waals surface area contributed by atoms with Crippen molar-refractivity contribution in [3.8, 4) is 0 Å². The van der Waals surface area contributed by atoms with Crippen LogP contribution in [-0.2, 0) is 17.5 Å². The minimum absolute atomic E-state index is 0. The molecule has 0 saturated carbocycles. The molecule has 0 radical (unpaired) electrons. The number of nitrogens with one attached hydrogen (secondary N) is 2. The predicted molar refractivity (Wildman–Crippen MR) is 108 cm³/mol. The van der Waals surface area contributed by atoms with Crippen LogP contribution in [0, 0.1) is 0 Å². The van der Waals surface area contributed by atoms with Gasteiger partial charge in [-0.25, -0.2) is 0 Å². The number of morpholine rings is 1. The summed E-state index contributed by atoms with van der Waals surface area (Å²) in [6.45, 7) is 6.17. The molecule has 0 bridgehead atoms. The fourth-order valence-electron chi connectivity index (χ4n) is 2.65. The van der Waals surface area contributed by atoms with Gasteiger partial charge in [0.25, 0.3) is 0 Å². The number of alkyl halides is 3. The molecule has 0 amide bonds. The van der Waals surface area contributed by atoms with Crippen molar-refractivity contribution in [3.05, 3.63) is 29.3 Å². The molecule has 1 aromatic carbocycles. The second-order valence-corrected chi connectivity index (χ2v) is 6.16. The van der Waals surface area contributed by atoms with Gasteiger partial charge in [-0.2, -0.15) is 13.2 Å². The van der Waals surface area contributed by atoms with E-state index in [1.807, 2.05) is 18.7 Å². The Hall–Kier alpha value is -1.23. The minimum atomic E-state index is -4.41. The molecular formula is C17H26F3IN4O. The van der Waals surface area contributed by atoms with Gasteiger partial charge in [-0.15, -0.1) is 24.0 Å². The lowest BCUT2D eigenvalue weighted by molar-refractivity contribution is -0.138. The molecule has 2 rings (SSSR count). The monoisotopic (exact) mass is 486 g/mol. The first-order chi connectivity index (χ1) is 11.8. The highest BCUT2D eigenvalue weighted by Gasteiger charge is 2.34. The minimum Gasteiger partial charge on any atom is -0.378 e. The molecule has 0 aromatic heterocycles. The Balaban J connectivity index is 0.00000338. The van der Waals surface area contributed by atoms with E-state index >= 15 is 0 Å². The van der Waals surface area contributed by atoms with Crippen molar-refractivity contribution < 1.29 is 17.9 Å². The van der Waals surface area contributed by atoms with Crippen molar-refractivity contribution in [2.45, 2.75) is 32.6 Å². The maximum Gasteiger partial charge on any atom is 0.416 e. The van der Waals surface area contributed by atoms with Gasteiger partial charge in [0.05, 0.1) is 18.8 Å². The van der Waals surface area contributed by atoms with E-state index in [2.05, 4.69) is 15.6 Å². The molecule has 1 aromatic rings. The molecule has 0 unspecified atom stereocenters. The number of benzene rings is 1. The number of nitrogens with zero attached hydrogens (tertiary/aromatic N) is 2. The molecule has 148 valence electrons. The Kier molecular flexibility index (Phi) is 8.94. The third kappa shape index (κ3) is 6.49. The Labute approximate surface area is 169 Å². The van der Waals surface area contributed by atoms with Crippen molar-refractivity contribution >= 4 is 35.6 Å². The zero-order valence-corrected chi connectivity index (χ0v) is 17.5. The summed E-state index contributed by atoms with van der Waals surface area (Å²) in [4.78, 5) is 5.93. The van der Waals surface area contributed by atoms with Crippen molar-refractivity contribution in [2.24, 2.45) is 4.99 Å². The summed E-state index contributed by atoms with van der Waals surface area (Å²) < 4.78 is 45.7. The fourth-order valence-corrected chi connectivity index (χ4v) is 2.65. The Morgan fingerprint density at radius 3 is 2.46 bits per heavy atom. The number of halogens is 4. The Morgan fingerprint density at radius 1 is 1.27 bits per heavy atom. The van der Waals surface area contributed by atoms with E-state index in [-0.39, 0.29) is 42.1 Å². The van der Waals surface area contributed by atoms with Gasteiger partial charge in [-0.3, -0.25) is 4.99 Å². The van der Waals surface area contributed by atoms with Crippen LogP contribution >= 0.6 is 24.0 Å². The third-order valence-corrected chi connectivity index (χ3v) is 3.87. The number of anilines is 1. The van der Waals surface area contributed by atoms with Gasteiger partial charge in [0, 0.05) is 38.4 Å². The summed E-state index contributed by atoms with van der Waals surface area (Å²) in [6.07, 6.45) is -4.41. The lowest BCUT2D eigenvalue weighted by Gasteiger charge is -2.29. The van der Waals surface area contributed by atoms with Gasteiger partial charge >= 0.3 is 6.18 Å². The van der Waals surface area contributed by atoms with E-state index in [1.54, 1.807) is 13.1 Å². The second-order valence-electron chi connectivity index (χ2n) is 6.16. The third-order valence-electron chi connectivity index (χ3n) is 3.87. The zero-order valence-electron chi connectivity index (χ0n) is 15.2. The van der Waals surface area contributed by atoms with Crippen molar-refractivity contribution in [1.82, 2.24) is 10.6 Å². The smallest absolute Gasteiger partial charge is 0.378 e. The number of aliphatic imine (C=N–C) groups is 1. The lowest BCUT2D eigenvalue weighted by Crippen LogP contribution is -2.40. The fraction of sp³-hybridized carbons (Fsp3) is 0.588. The van der Waals surface area contributed by atoms with Crippen LogP contribution < -0.4 is 15.5 Å². The summed E-state index contributed by atoms with van der Waals surface area (Å²) in [5.41, 5.74) is 0.143. The number of ether oxygens (including phenoxy) is 1. The second kappa shape index (κ2) is 10.2. The Morgan fingerprint density at radius 2 is 1.92 bits per heavy atom. The molecule has 1 aliphatic heterocycles. The Bertz CT molecular complexity index is 602. The molecule has 0 aliphatic carbocycles. The van der Waals surface area contributed by atoms with Gasteiger partial charge in [0.1, 0.15) is 0 Å². The van der Waals surface area contributed by atoms with Gasteiger partial charge in [0.15, 0.2) is 5.96 Å². The average molecular weight is 486 g/mol. The van der Waals surface area contributed by atoms with Crippen LogP contribution in [0.5, 0.6) is 0 Å². The molecule has 1 heterocycles. The largest absolute Gasteiger partial charge is 0.416 e. The summed E-state index contributed by atoms with van der Waals surface area (Å²) in [5.74, 6) is 0.473. The van der Waals surface area contributed by atoms with Gasteiger partial charge < -0.3 is 20.3 Å². The van der Waals surface area contributed by atoms with Crippen molar-refractivity contribution in [2.75, 3.05) is 38.3 Å². The van der Waals surface area contributed by atoms with Crippen LogP contribution in [0.3, 0.4) is 0 Å². The first kappa shape index (κ1) is 22.8. The molecule has 9 heteroatoms. The van der Waals surface area contributed by atoms with Crippen LogP contribution in [0.1, 0.15) is 25.0 Å². The van der Waals surface area contributed by atoms with Gasteiger partial charge in [0.2, 0.25) is 0 Å². The molecule has 1 fully saturated rings. The van der Waals surface area contributed by atoms with Crippen LogP contribution in [0.2, 0.25) is 0 Å². The van der Waals surface area contributed by atoms with Gasteiger partial charge in [-0.1, -0.05) is 6.07 Å². The normalized spacial score (nSPS) is 15.7. The number of guanidine groups is 1.